The topological polar surface area (TPSA) is 140 Å². The second-order valence-corrected chi connectivity index (χ2v) is 8.36. The van der Waals surface area contributed by atoms with E-state index in [1.54, 1.807) is 12.4 Å². The van der Waals surface area contributed by atoms with E-state index in [0.717, 1.165) is 16.7 Å². The summed E-state index contributed by atoms with van der Waals surface area (Å²) in [5, 5.41) is 14.1. The molecule has 4 rings (SSSR count). The predicted octanol–water partition coefficient (Wildman–Crippen LogP) is 2.81. The molecule has 3 N–H and O–H groups in total. The fourth-order valence-electron chi connectivity index (χ4n) is 2.98. The molecule has 2 amide bonds. The number of H-pyrrole nitrogens is 1. The fraction of sp³-hybridized carbons (Fsp3) is 0.0476. The number of thiazole rings is 1. The van der Waals surface area contributed by atoms with E-state index in [0.29, 0.717) is 10.8 Å². The third-order valence-electron chi connectivity index (χ3n) is 4.46. The third kappa shape index (κ3) is 4.97. The van der Waals surface area contributed by atoms with Crippen molar-refractivity contribution in [2.75, 3.05) is 11.9 Å². The zero-order valence-corrected chi connectivity index (χ0v) is 18.0. The molecule has 9 nitrogen and oxygen atoms in total. The van der Waals surface area contributed by atoms with Crippen LogP contribution in [0.1, 0.15) is 10.4 Å². The minimum Gasteiger partial charge on any atom is -0.768 e. The van der Waals surface area contributed by atoms with Gasteiger partial charge in [0.25, 0.3) is 5.91 Å². The zero-order chi connectivity index (χ0) is 22.5. The lowest BCUT2D eigenvalue weighted by molar-refractivity contribution is -0.115. The molecule has 0 saturated heterocycles. The van der Waals surface area contributed by atoms with Crippen molar-refractivity contribution >= 4 is 39.4 Å². The van der Waals surface area contributed by atoms with Crippen LogP contribution >= 0.6 is 11.3 Å². The molecule has 0 aliphatic carbocycles. The lowest BCUT2D eigenvalue weighted by atomic mass is 10.0. The molecule has 0 bridgehead atoms. The van der Waals surface area contributed by atoms with Gasteiger partial charge in [-0.3, -0.25) is 18.9 Å². The van der Waals surface area contributed by atoms with E-state index in [1.165, 1.54) is 35.6 Å². The first-order valence-electron chi connectivity index (χ1n) is 9.33. The van der Waals surface area contributed by atoms with Gasteiger partial charge in [-0.2, -0.15) is 5.10 Å². The number of anilines is 1. The maximum atomic E-state index is 12.3. The van der Waals surface area contributed by atoms with Gasteiger partial charge in [0.2, 0.25) is 5.91 Å². The van der Waals surface area contributed by atoms with Crippen molar-refractivity contribution in [2.24, 2.45) is 0 Å². The van der Waals surface area contributed by atoms with Crippen LogP contribution in [0.5, 0.6) is 0 Å². The summed E-state index contributed by atoms with van der Waals surface area (Å²) in [5.74, 6) is -1.01. The van der Waals surface area contributed by atoms with Gasteiger partial charge in [0, 0.05) is 33.2 Å². The van der Waals surface area contributed by atoms with Gasteiger partial charge in [0.1, 0.15) is 0 Å². The van der Waals surface area contributed by atoms with E-state index in [9.17, 15) is 18.4 Å². The zero-order valence-electron chi connectivity index (χ0n) is 16.4. The predicted molar refractivity (Wildman–Crippen MR) is 120 cm³/mol. The highest BCUT2D eigenvalue weighted by atomic mass is 32.2. The van der Waals surface area contributed by atoms with Crippen LogP contribution in [0.3, 0.4) is 0 Å². The second kappa shape index (κ2) is 9.64. The quantitative estimate of drug-likeness (QED) is 0.358. The summed E-state index contributed by atoms with van der Waals surface area (Å²) in [5.41, 5.74) is 3.62. The van der Waals surface area contributed by atoms with Gasteiger partial charge in [-0.05, 0) is 34.8 Å². The maximum Gasteiger partial charge on any atom is 0.251 e. The Balaban J connectivity index is 1.39. The molecular weight excluding hydrogens is 450 g/mol. The van der Waals surface area contributed by atoms with Gasteiger partial charge in [0.05, 0.1) is 18.4 Å². The SMILES string of the molecule is O=C(CNC(=O)c1cccc(S(=O)[O-])c1)Nc1nc(-c2ccccc2-c2cn[nH]c2)cs1. The summed E-state index contributed by atoms with van der Waals surface area (Å²) >= 11 is -1.17. The third-order valence-corrected chi connectivity index (χ3v) is 5.86. The first-order valence-corrected chi connectivity index (χ1v) is 11.3. The van der Waals surface area contributed by atoms with Crippen LogP contribution in [-0.2, 0) is 15.9 Å². The lowest BCUT2D eigenvalue weighted by Crippen LogP contribution is -2.32. The minimum absolute atomic E-state index is 0.00637. The largest absolute Gasteiger partial charge is 0.768 e. The van der Waals surface area contributed by atoms with Crippen molar-refractivity contribution in [3.05, 3.63) is 71.9 Å². The Morgan fingerprint density at radius 1 is 1.12 bits per heavy atom. The molecule has 2 heterocycles. The molecule has 0 aliphatic heterocycles. The molecule has 1 atom stereocenters. The van der Waals surface area contributed by atoms with Gasteiger partial charge < -0.3 is 15.2 Å². The minimum atomic E-state index is -2.44. The summed E-state index contributed by atoms with van der Waals surface area (Å²) in [6, 6.07) is 13.3. The number of nitrogens with zero attached hydrogens (tertiary/aromatic N) is 2. The number of carbonyl (C=O) groups is 2. The van der Waals surface area contributed by atoms with Gasteiger partial charge >= 0.3 is 0 Å². The Bertz CT molecular complexity index is 1290. The number of nitrogens with one attached hydrogen (secondary N) is 3. The van der Waals surface area contributed by atoms with Gasteiger partial charge in [0.15, 0.2) is 5.13 Å². The molecule has 0 saturated carbocycles. The molecule has 2 aromatic carbocycles. The molecule has 0 fully saturated rings. The van der Waals surface area contributed by atoms with Crippen LogP contribution in [0, 0.1) is 0 Å². The first kappa shape index (κ1) is 21.6. The Labute approximate surface area is 189 Å². The van der Waals surface area contributed by atoms with Crippen molar-refractivity contribution in [1.82, 2.24) is 20.5 Å². The van der Waals surface area contributed by atoms with Crippen LogP contribution in [0.25, 0.3) is 22.4 Å². The van der Waals surface area contributed by atoms with Gasteiger partial charge in [-0.15, -0.1) is 11.3 Å². The van der Waals surface area contributed by atoms with E-state index >= 15 is 0 Å². The number of hydrogen-bond donors (Lipinski definition) is 3. The molecule has 0 radical (unpaired) electrons. The summed E-state index contributed by atoms with van der Waals surface area (Å²) in [6.45, 7) is -0.288. The van der Waals surface area contributed by atoms with Crippen molar-refractivity contribution in [2.45, 2.75) is 4.90 Å². The summed E-state index contributed by atoms with van der Waals surface area (Å²) in [6.07, 6.45) is 3.52. The smallest absolute Gasteiger partial charge is 0.251 e. The van der Waals surface area contributed by atoms with Crippen molar-refractivity contribution in [3.63, 3.8) is 0 Å². The fourth-order valence-corrected chi connectivity index (χ4v) is 4.12. The van der Waals surface area contributed by atoms with Crippen LogP contribution in [0.2, 0.25) is 0 Å². The van der Waals surface area contributed by atoms with E-state index in [-0.39, 0.29) is 17.0 Å². The molecule has 0 aliphatic rings. The van der Waals surface area contributed by atoms with E-state index in [4.69, 9.17) is 0 Å². The number of carbonyl (C=O) groups excluding carboxylic acids is 2. The van der Waals surface area contributed by atoms with E-state index < -0.39 is 22.9 Å². The number of rotatable bonds is 7. The van der Waals surface area contributed by atoms with Crippen LogP contribution in [0.15, 0.2) is 71.2 Å². The van der Waals surface area contributed by atoms with Gasteiger partial charge in [-0.1, -0.05) is 30.3 Å². The molecule has 11 heteroatoms. The molecule has 2 aromatic heterocycles. The number of aromatic amines is 1. The maximum absolute atomic E-state index is 12.3. The lowest BCUT2D eigenvalue weighted by Gasteiger charge is -2.08. The molecule has 4 aromatic rings. The molecule has 32 heavy (non-hydrogen) atoms. The van der Waals surface area contributed by atoms with Gasteiger partial charge in [-0.25, -0.2) is 4.98 Å². The van der Waals surface area contributed by atoms with Crippen LogP contribution < -0.4 is 10.6 Å². The van der Waals surface area contributed by atoms with Crippen LogP contribution in [0.4, 0.5) is 5.13 Å². The second-order valence-electron chi connectivity index (χ2n) is 6.56. The van der Waals surface area contributed by atoms with Crippen LogP contribution in [-0.4, -0.2) is 42.3 Å². The normalized spacial score (nSPS) is 11.7. The molecular formula is C21H16N5O4S2-. The molecule has 162 valence electrons. The van der Waals surface area contributed by atoms with E-state index in [1.807, 2.05) is 29.6 Å². The summed E-state index contributed by atoms with van der Waals surface area (Å²) < 4.78 is 22.1. The highest BCUT2D eigenvalue weighted by molar-refractivity contribution is 7.79. The highest BCUT2D eigenvalue weighted by Gasteiger charge is 2.14. The Hall–Kier alpha value is -3.67. The summed E-state index contributed by atoms with van der Waals surface area (Å²) in [4.78, 5) is 28.9. The number of hydrogen-bond acceptors (Lipinski definition) is 7. The standard InChI is InChI=1S/C21H17N5O4S2/c27-19(11-22-20(28)13-4-3-5-15(8-13)32(29)30)26-21-25-18(12-31-21)17-7-2-1-6-16(17)14-9-23-24-10-14/h1-10,12H,11H2,(H,22,28)(H,23,24)(H,29,30)(H,25,26,27)/p-1. The number of aromatic nitrogens is 3. The highest BCUT2D eigenvalue weighted by Crippen LogP contribution is 2.33. The monoisotopic (exact) mass is 466 g/mol. The average molecular weight is 467 g/mol. The Kier molecular flexibility index (Phi) is 6.50. The average Bonchev–Trinajstić information content (AvgIpc) is 3.50. The molecule has 1 unspecified atom stereocenters. The first-order chi connectivity index (χ1) is 15.5. The van der Waals surface area contributed by atoms with Crippen molar-refractivity contribution in [3.8, 4) is 22.4 Å². The Morgan fingerprint density at radius 3 is 2.69 bits per heavy atom. The molecule has 0 spiro atoms. The summed E-state index contributed by atoms with van der Waals surface area (Å²) in [7, 11) is 0. The van der Waals surface area contributed by atoms with Crippen molar-refractivity contribution < 1.29 is 18.4 Å². The van der Waals surface area contributed by atoms with Crippen molar-refractivity contribution in [1.29, 1.82) is 0 Å². The number of benzene rings is 2. The Morgan fingerprint density at radius 2 is 1.94 bits per heavy atom. The van der Waals surface area contributed by atoms with E-state index in [2.05, 4.69) is 25.8 Å². The number of amides is 2.